The molecule has 0 saturated carbocycles. The third-order valence-electron chi connectivity index (χ3n) is 6.75. The SMILES string of the molecule is Cc1nc(C(C)(O)C#Cc2ccc3c(c2)-c2nc(C(N)=O)c(C(O)c4ccnn4C)n2C2C=C3C2)no1. The largest absolute Gasteiger partial charge is 0.380 e. The summed E-state index contributed by atoms with van der Waals surface area (Å²) in [5.74, 6) is 5.98. The Labute approximate surface area is 211 Å². The second-order valence-corrected chi connectivity index (χ2v) is 9.37. The quantitative estimate of drug-likeness (QED) is 0.360. The number of aromatic nitrogens is 6. The van der Waals surface area contributed by atoms with Crippen LogP contribution >= 0.6 is 0 Å². The molecular weight excluding hydrogens is 474 g/mol. The summed E-state index contributed by atoms with van der Waals surface area (Å²) in [4.78, 5) is 21.2. The molecule has 11 heteroatoms. The number of primary amides is 1. The number of amides is 1. The Bertz CT molecular complexity index is 1680. The maximum atomic E-state index is 12.5. The molecule has 0 saturated heterocycles. The average molecular weight is 498 g/mol. The number of carbonyl (C=O) groups is 1. The minimum Gasteiger partial charge on any atom is -0.380 e. The van der Waals surface area contributed by atoms with E-state index in [4.69, 9.17) is 10.3 Å². The van der Waals surface area contributed by atoms with Crippen molar-refractivity contribution in [3.05, 3.63) is 76.5 Å². The number of imidazole rings is 1. The molecule has 2 bridgehead atoms. The van der Waals surface area contributed by atoms with Gasteiger partial charge in [-0.3, -0.25) is 9.48 Å². The third kappa shape index (κ3) is 3.57. The van der Waals surface area contributed by atoms with E-state index in [1.807, 2.05) is 22.8 Å². The Morgan fingerprint density at radius 1 is 1.30 bits per heavy atom. The molecule has 0 spiro atoms. The van der Waals surface area contributed by atoms with Gasteiger partial charge in [-0.15, -0.1) is 0 Å². The highest BCUT2D eigenvalue weighted by molar-refractivity contribution is 5.94. The normalized spacial score (nSPS) is 17.8. The van der Waals surface area contributed by atoms with Crippen LogP contribution in [0.4, 0.5) is 0 Å². The topological polar surface area (TPSA) is 158 Å². The van der Waals surface area contributed by atoms with Crippen molar-refractivity contribution in [2.75, 3.05) is 0 Å². The molecule has 37 heavy (non-hydrogen) atoms. The van der Waals surface area contributed by atoms with Crippen LogP contribution in [0.3, 0.4) is 0 Å². The number of allylic oxidation sites excluding steroid dienone is 2. The summed E-state index contributed by atoms with van der Waals surface area (Å²) in [6, 6.07) is 7.25. The van der Waals surface area contributed by atoms with Gasteiger partial charge < -0.3 is 25.0 Å². The van der Waals surface area contributed by atoms with Gasteiger partial charge in [0.25, 0.3) is 5.91 Å². The number of hydrogen-bond acceptors (Lipinski definition) is 8. The van der Waals surface area contributed by atoms with Crippen LogP contribution in [-0.2, 0) is 12.6 Å². The maximum Gasteiger partial charge on any atom is 0.269 e. The molecule has 3 atom stereocenters. The predicted molar refractivity (Wildman–Crippen MR) is 131 cm³/mol. The van der Waals surface area contributed by atoms with Crippen molar-refractivity contribution in [3.63, 3.8) is 0 Å². The molecule has 186 valence electrons. The summed E-state index contributed by atoms with van der Waals surface area (Å²) < 4.78 is 8.39. The van der Waals surface area contributed by atoms with Crippen LogP contribution in [0.5, 0.6) is 0 Å². The lowest BCUT2D eigenvalue weighted by atomic mass is 9.86. The number of benzene rings is 1. The standard InChI is InChI=1S/C26H23N7O4/c1-13-29-25(31-37-13)26(2,36)8-6-14-4-5-17-15-11-16(12-15)33-21(22(34)19-7-9-28-32(19)3)20(23(27)35)30-24(33)18(17)10-14/h4-5,7,9-11,16,22,34,36H,12H2,1-3H3,(H2,27,35). The number of aryl methyl sites for hydroxylation is 2. The smallest absolute Gasteiger partial charge is 0.269 e. The van der Waals surface area contributed by atoms with Gasteiger partial charge in [0.1, 0.15) is 11.9 Å². The molecule has 4 N–H and O–H groups in total. The molecule has 3 aromatic heterocycles. The summed E-state index contributed by atoms with van der Waals surface area (Å²) in [6.07, 6.45) is 3.23. The van der Waals surface area contributed by atoms with Gasteiger partial charge in [0.2, 0.25) is 11.7 Å². The first kappa shape index (κ1) is 22.9. The zero-order valence-electron chi connectivity index (χ0n) is 20.3. The zero-order chi connectivity index (χ0) is 26.1. The highest BCUT2D eigenvalue weighted by atomic mass is 16.5. The third-order valence-corrected chi connectivity index (χ3v) is 6.75. The molecule has 1 aromatic carbocycles. The second kappa shape index (κ2) is 7.99. The lowest BCUT2D eigenvalue weighted by Crippen LogP contribution is -2.22. The first-order chi connectivity index (χ1) is 17.6. The lowest BCUT2D eigenvalue weighted by molar-refractivity contribution is 0.0988. The highest BCUT2D eigenvalue weighted by Gasteiger charge is 2.38. The van der Waals surface area contributed by atoms with Gasteiger partial charge in [-0.25, -0.2) is 4.98 Å². The molecule has 0 radical (unpaired) electrons. The van der Waals surface area contributed by atoms with Gasteiger partial charge in [0.05, 0.1) is 17.4 Å². The van der Waals surface area contributed by atoms with Crippen molar-refractivity contribution >= 4 is 11.5 Å². The minimum absolute atomic E-state index is 0.00490. The second-order valence-electron chi connectivity index (χ2n) is 9.37. The van der Waals surface area contributed by atoms with Crippen LogP contribution in [0.25, 0.3) is 17.0 Å². The van der Waals surface area contributed by atoms with Gasteiger partial charge >= 0.3 is 0 Å². The van der Waals surface area contributed by atoms with E-state index >= 15 is 0 Å². The molecule has 2 aliphatic heterocycles. The molecule has 0 fully saturated rings. The number of aliphatic hydroxyl groups is 2. The van der Waals surface area contributed by atoms with E-state index in [1.165, 1.54) is 6.92 Å². The fourth-order valence-corrected chi connectivity index (χ4v) is 4.83. The van der Waals surface area contributed by atoms with Crippen LogP contribution in [0, 0.1) is 18.8 Å². The zero-order valence-corrected chi connectivity index (χ0v) is 20.3. The highest BCUT2D eigenvalue weighted by Crippen LogP contribution is 2.49. The molecule has 3 aliphatic rings. The van der Waals surface area contributed by atoms with E-state index in [1.54, 1.807) is 30.9 Å². The number of nitrogens with zero attached hydrogens (tertiary/aromatic N) is 6. The fraction of sp³-hybridized carbons (Fsp3) is 0.269. The Hall–Kier alpha value is -4.53. The molecule has 4 aromatic rings. The summed E-state index contributed by atoms with van der Waals surface area (Å²) >= 11 is 0. The van der Waals surface area contributed by atoms with E-state index in [0.29, 0.717) is 28.7 Å². The Morgan fingerprint density at radius 2 is 2.08 bits per heavy atom. The van der Waals surface area contributed by atoms with E-state index in [9.17, 15) is 15.0 Å². The van der Waals surface area contributed by atoms with Crippen molar-refractivity contribution in [1.82, 2.24) is 29.5 Å². The molecule has 11 nitrogen and oxygen atoms in total. The van der Waals surface area contributed by atoms with Gasteiger partial charge in [0.15, 0.2) is 11.3 Å². The molecule has 7 rings (SSSR count). The number of rotatable bonds is 4. The Morgan fingerprint density at radius 3 is 2.73 bits per heavy atom. The van der Waals surface area contributed by atoms with Gasteiger partial charge in [-0.2, -0.15) is 10.1 Å². The van der Waals surface area contributed by atoms with E-state index in [-0.39, 0.29) is 17.6 Å². The monoisotopic (exact) mass is 497 g/mol. The first-order valence-corrected chi connectivity index (χ1v) is 11.6. The van der Waals surface area contributed by atoms with Crippen molar-refractivity contribution in [3.8, 4) is 23.2 Å². The molecule has 3 unspecified atom stereocenters. The van der Waals surface area contributed by atoms with Crippen molar-refractivity contribution in [1.29, 1.82) is 0 Å². The van der Waals surface area contributed by atoms with E-state index in [2.05, 4.69) is 38.1 Å². The van der Waals surface area contributed by atoms with Crippen LogP contribution in [0.15, 0.2) is 41.1 Å². The molecule has 1 amide bonds. The Balaban J connectivity index is 1.49. The summed E-state index contributed by atoms with van der Waals surface area (Å²) in [5.41, 5.74) is 8.41. The van der Waals surface area contributed by atoms with Gasteiger partial charge in [0, 0.05) is 31.3 Å². The minimum atomic E-state index is -1.62. The van der Waals surface area contributed by atoms with E-state index < -0.39 is 17.6 Å². The van der Waals surface area contributed by atoms with Crippen molar-refractivity contribution in [2.45, 2.75) is 38.0 Å². The molecular formula is C26H23N7O4. The van der Waals surface area contributed by atoms with Gasteiger partial charge in [-0.05, 0) is 42.7 Å². The molecule has 1 aliphatic carbocycles. The van der Waals surface area contributed by atoms with E-state index in [0.717, 1.165) is 23.1 Å². The summed E-state index contributed by atoms with van der Waals surface area (Å²) in [6.45, 7) is 3.12. The number of hydrogen-bond donors (Lipinski definition) is 3. The lowest BCUT2D eigenvalue weighted by Gasteiger charge is -2.27. The van der Waals surface area contributed by atoms with Crippen LogP contribution in [0.1, 0.15) is 70.2 Å². The summed E-state index contributed by atoms with van der Waals surface area (Å²) in [5, 5.41) is 30.0. The number of nitrogens with two attached hydrogens (primary N) is 1. The molecule has 5 heterocycles. The average Bonchev–Trinajstić information content (AvgIpc) is 3.53. The first-order valence-electron chi connectivity index (χ1n) is 11.6. The number of carbonyl (C=O) groups excluding carboxylic acids is 1. The van der Waals surface area contributed by atoms with Crippen LogP contribution in [-0.4, -0.2) is 45.6 Å². The predicted octanol–water partition coefficient (Wildman–Crippen LogP) is 1.76. The summed E-state index contributed by atoms with van der Waals surface area (Å²) in [7, 11) is 1.72. The fourth-order valence-electron chi connectivity index (χ4n) is 4.83. The Kier molecular flexibility index (Phi) is 4.95. The van der Waals surface area contributed by atoms with Crippen LogP contribution in [0.2, 0.25) is 0 Å². The van der Waals surface area contributed by atoms with Crippen LogP contribution < -0.4 is 5.73 Å². The van der Waals surface area contributed by atoms with Crippen molar-refractivity contribution in [2.24, 2.45) is 12.8 Å². The maximum absolute atomic E-state index is 12.5. The van der Waals surface area contributed by atoms with Crippen molar-refractivity contribution < 1.29 is 19.5 Å². The number of aliphatic hydroxyl groups excluding tert-OH is 1. The van der Waals surface area contributed by atoms with Gasteiger partial charge in [-0.1, -0.05) is 29.1 Å².